The van der Waals surface area contributed by atoms with Crippen molar-refractivity contribution in [2.75, 3.05) is 26.8 Å². The van der Waals surface area contributed by atoms with Crippen LogP contribution in [0.5, 0.6) is 0 Å². The van der Waals surface area contributed by atoms with Gasteiger partial charge >= 0.3 is 7.12 Å². The molecule has 0 atom stereocenters. The summed E-state index contributed by atoms with van der Waals surface area (Å²) in [5.74, 6) is 0.0129. The number of ether oxygens (including phenoxy) is 1. The lowest BCUT2D eigenvalue weighted by molar-refractivity contribution is 0.136. The van der Waals surface area contributed by atoms with E-state index < -0.39 is 12.9 Å². The molecular formula is C14H23BFNO3. The lowest BCUT2D eigenvalue weighted by atomic mass is 9.77. The molecule has 2 N–H and O–H groups in total. The standard InChI is InChI=1S/C14H23BFNO3/c1-11(2)9-17(6-7-20-3)10-12-4-5-13(16)8-14(12)15(18)19/h4-5,8,11,18-19H,6-7,9-10H2,1-3H3. The van der Waals surface area contributed by atoms with E-state index in [1.165, 1.54) is 12.1 Å². The van der Waals surface area contributed by atoms with Gasteiger partial charge in [-0.15, -0.1) is 0 Å². The topological polar surface area (TPSA) is 52.9 Å². The summed E-state index contributed by atoms with van der Waals surface area (Å²) in [5.41, 5.74) is 0.939. The van der Waals surface area contributed by atoms with Crippen LogP contribution < -0.4 is 5.46 Å². The molecule has 0 saturated heterocycles. The zero-order chi connectivity index (χ0) is 15.1. The average Bonchev–Trinajstić information content (AvgIpc) is 2.37. The number of hydrogen-bond acceptors (Lipinski definition) is 4. The Morgan fingerprint density at radius 3 is 2.60 bits per heavy atom. The molecule has 0 aromatic heterocycles. The Labute approximate surface area is 120 Å². The Morgan fingerprint density at radius 1 is 1.35 bits per heavy atom. The number of benzene rings is 1. The number of rotatable bonds is 8. The first-order chi connectivity index (χ1) is 9.43. The lowest BCUT2D eigenvalue weighted by Gasteiger charge is -2.25. The first-order valence-corrected chi connectivity index (χ1v) is 6.79. The average molecular weight is 283 g/mol. The maximum Gasteiger partial charge on any atom is 0.488 e. The Bertz CT molecular complexity index is 415. The second-order valence-electron chi connectivity index (χ2n) is 5.34. The largest absolute Gasteiger partial charge is 0.488 e. The molecule has 1 rings (SSSR count). The van der Waals surface area contributed by atoms with E-state index in [0.29, 0.717) is 19.1 Å². The minimum Gasteiger partial charge on any atom is -0.423 e. The maximum atomic E-state index is 13.2. The second-order valence-corrected chi connectivity index (χ2v) is 5.34. The molecule has 0 aliphatic carbocycles. The van der Waals surface area contributed by atoms with Gasteiger partial charge in [-0.25, -0.2) is 4.39 Å². The summed E-state index contributed by atoms with van der Waals surface area (Å²) >= 11 is 0. The monoisotopic (exact) mass is 283 g/mol. The number of halogens is 1. The van der Waals surface area contributed by atoms with Crippen LogP contribution in [0.4, 0.5) is 4.39 Å². The third-order valence-electron chi connectivity index (χ3n) is 3.02. The number of hydrogen-bond donors (Lipinski definition) is 2. The highest BCUT2D eigenvalue weighted by atomic mass is 19.1. The number of nitrogens with zero attached hydrogens (tertiary/aromatic N) is 1. The summed E-state index contributed by atoms with van der Waals surface area (Å²) in [7, 11) is -0.0158. The van der Waals surface area contributed by atoms with Crippen molar-refractivity contribution in [1.29, 1.82) is 0 Å². The highest BCUT2D eigenvalue weighted by Gasteiger charge is 2.19. The Balaban J connectivity index is 2.86. The zero-order valence-corrected chi connectivity index (χ0v) is 12.3. The van der Waals surface area contributed by atoms with E-state index >= 15 is 0 Å². The maximum absolute atomic E-state index is 13.2. The Kier molecular flexibility index (Phi) is 7.16. The van der Waals surface area contributed by atoms with Crippen LogP contribution in [0.25, 0.3) is 0 Å². The van der Waals surface area contributed by atoms with E-state index in [2.05, 4.69) is 18.7 Å². The Hall–Kier alpha value is -0.945. The Morgan fingerprint density at radius 2 is 2.05 bits per heavy atom. The first kappa shape index (κ1) is 17.1. The number of methoxy groups -OCH3 is 1. The third kappa shape index (κ3) is 5.59. The van der Waals surface area contributed by atoms with Crippen LogP contribution >= 0.6 is 0 Å². The van der Waals surface area contributed by atoms with Crippen molar-refractivity contribution in [1.82, 2.24) is 4.90 Å². The molecule has 1 aromatic rings. The van der Waals surface area contributed by atoms with Gasteiger partial charge in [0.1, 0.15) is 5.82 Å². The predicted molar refractivity (Wildman–Crippen MR) is 78.2 cm³/mol. The third-order valence-corrected chi connectivity index (χ3v) is 3.02. The fraction of sp³-hybridized carbons (Fsp3) is 0.571. The van der Waals surface area contributed by atoms with Crippen molar-refractivity contribution < 1.29 is 19.2 Å². The van der Waals surface area contributed by atoms with Gasteiger partial charge in [-0.05, 0) is 29.1 Å². The predicted octanol–water partition coefficient (Wildman–Crippen LogP) is 0.610. The molecule has 4 nitrogen and oxygen atoms in total. The van der Waals surface area contributed by atoms with Crippen LogP contribution in [0.1, 0.15) is 19.4 Å². The van der Waals surface area contributed by atoms with Crippen molar-refractivity contribution in [3.05, 3.63) is 29.6 Å². The molecule has 0 spiro atoms. The minimum absolute atomic E-state index is 0.219. The van der Waals surface area contributed by atoms with Gasteiger partial charge in [0.25, 0.3) is 0 Å². The van der Waals surface area contributed by atoms with Gasteiger partial charge in [-0.2, -0.15) is 0 Å². The molecule has 6 heteroatoms. The fourth-order valence-corrected chi connectivity index (χ4v) is 2.16. The lowest BCUT2D eigenvalue weighted by Crippen LogP contribution is -2.38. The van der Waals surface area contributed by atoms with Crippen LogP contribution in [0, 0.1) is 11.7 Å². The van der Waals surface area contributed by atoms with Crippen molar-refractivity contribution in [2.24, 2.45) is 5.92 Å². The molecule has 0 fully saturated rings. The molecule has 0 unspecified atom stereocenters. The van der Waals surface area contributed by atoms with E-state index in [0.717, 1.165) is 18.7 Å². The second kappa shape index (κ2) is 8.37. The van der Waals surface area contributed by atoms with Crippen LogP contribution in [-0.2, 0) is 11.3 Å². The smallest absolute Gasteiger partial charge is 0.423 e. The van der Waals surface area contributed by atoms with Crippen LogP contribution in [0.3, 0.4) is 0 Å². The van der Waals surface area contributed by atoms with Gasteiger partial charge in [0, 0.05) is 26.7 Å². The van der Waals surface area contributed by atoms with Crippen molar-refractivity contribution in [2.45, 2.75) is 20.4 Å². The summed E-state index contributed by atoms with van der Waals surface area (Å²) in [6.07, 6.45) is 0. The molecule has 0 aliphatic heterocycles. The van der Waals surface area contributed by atoms with Crippen molar-refractivity contribution >= 4 is 12.6 Å². The summed E-state index contributed by atoms with van der Waals surface area (Å²) in [4.78, 5) is 2.16. The van der Waals surface area contributed by atoms with Gasteiger partial charge < -0.3 is 14.8 Å². The van der Waals surface area contributed by atoms with Gasteiger partial charge in [0.15, 0.2) is 0 Å². The van der Waals surface area contributed by atoms with Crippen molar-refractivity contribution in [3.63, 3.8) is 0 Å². The van der Waals surface area contributed by atoms with E-state index in [4.69, 9.17) is 4.74 Å². The van der Waals surface area contributed by atoms with Crippen molar-refractivity contribution in [3.8, 4) is 0 Å². The summed E-state index contributed by atoms with van der Waals surface area (Å²) in [6.45, 7) is 6.98. The molecule has 0 radical (unpaired) electrons. The first-order valence-electron chi connectivity index (χ1n) is 6.79. The van der Waals surface area contributed by atoms with E-state index in [-0.39, 0.29) is 5.46 Å². The summed E-state index contributed by atoms with van der Waals surface area (Å²) in [6, 6.07) is 4.11. The molecule has 112 valence electrons. The normalized spacial score (nSPS) is 11.4. The molecular weight excluding hydrogens is 260 g/mol. The molecule has 20 heavy (non-hydrogen) atoms. The molecule has 0 aliphatic rings. The van der Waals surface area contributed by atoms with Gasteiger partial charge in [0.2, 0.25) is 0 Å². The summed E-state index contributed by atoms with van der Waals surface area (Å²) in [5, 5.41) is 18.7. The molecule has 0 bridgehead atoms. The minimum atomic E-state index is -1.66. The van der Waals surface area contributed by atoms with E-state index in [1.54, 1.807) is 13.2 Å². The molecule has 0 saturated carbocycles. The van der Waals surface area contributed by atoms with Gasteiger partial charge in [-0.1, -0.05) is 19.9 Å². The highest BCUT2D eigenvalue weighted by Crippen LogP contribution is 2.08. The van der Waals surface area contributed by atoms with E-state index in [1.807, 2.05) is 0 Å². The molecule has 0 amide bonds. The van der Waals surface area contributed by atoms with Gasteiger partial charge in [-0.3, -0.25) is 4.90 Å². The SMILES string of the molecule is COCCN(Cc1ccc(F)cc1B(O)O)CC(C)C. The van der Waals surface area contributed by atoms with Crippen LogP contribution in [0.2, 0.25) is 0 Å². The zero-order valence-electron chi connectivity index (χ0n) is 12.3. The van der Waals surface area contributed by atoms with Crippen LogP contribution in [0.15, 0.2) is 18.2 Å². The molecule has 0 heterocycles. The van der Waals surface area contributed by atoms with Gasteiger partial charge in [0.05, 0.1) is 6.61 Å². The van der Waals surface area contributed by atoms with Crippen LogP contribution in [-0.4, -0.2) is 48.9 Å². The fourth-order valence-electron chi connectivity index (χ4n) is 2.16. The van der Waals surface area contributed by atoms with E-state index in [9.17, 15) is 14.4 Å². The quantitative estimate of drug-likeness (QED) is 0.686. The summed E-state index contributed by atoms with van der Waals surface area (Å²) < 4.78 is 18.3. The highest BCUT2D eigenvalue weighted by molar-refractivity contribution is 6.59. The molecule has 1 aromatic carbocycles.